The van der Waals surface area contributed by atoms with Crippen LogP contribution >= 0.6 is 11.8 Å². The Morgan fingerprint density at radius 1 is 1.67 bits per heavy atom. The highest BCUT2D eigenvalue weighted by molar-refractivity contribution is 8.14. The molecule has 3 nitrogen and oxygen atoms in total. The molecule has 0 bridgehead atoms. The highest BCUT2D eigenvalue weighted by atomic mass is 32.2. The molecule has 1 rings (SSSR count). The third-order valence-electron chi connectivity index (χ3n) is 1.08. The van der Waals surface area contributed by atoms with Crippen molar-refractivity contribution in [2.75, 3.05) is 19.8 Å². The molecule has 4 heteroatoms. The van der Waals surface area contributed by atoms with Crippen LogP contribution in [0.1, 0.15) is 0 Å². The van der Waals surface area contributed by atoms with Gasteiger partial charge >= 0.3 is 0 Å². The minimum absolute atomic E-state index is 0.429. The lowest BCUT2D eigenvalue weighted by Crippen LogP contribution is -2.21. The maximum absolute atomic E-state index is 7.12. The molecule has 0 saturated carbocycles. The first-order valence-corrected chi connectivity index (χ1v) is 3.65. The molecule has 1 N–H and O–H groups in total. The summed E-state index contributed by atoms with van der Waals surface area (Å²) >= 11 is 1.47. The molecular formula is C5H9N3S. The van der Waals surface area contributed by atoms with E-state index in [2.05, 4.69) is 4.99 Å². The number of hydrogen-bond acceptors (Lipinski definition) is 3. The van der Waals surface area contributed by atoms with Crippen LogP contribution in [0.3, 0.4) is 0 Å². The first-order valence-electron chi connectivity index (χ1n) is 2.66. The maximum atomic E-state index is 7.12. The summed E-state index contributed by atoms with van der Waals surface area (Å²) in [6, 6.07) is 0. The van der Waals surface area contributed by atoms with E-state index >= 15 is 0 Å². The van der Waals surface area contributed by atoms with E-state index in [1.165, 1.54) is 11.8 Å². The minimum atomic E-state index is 0.429. The molecule has 0 amide bonds. The summed E-state index contributed by atoms with van der Waals surface area (Å²) in [5, 5.41) is 7.55. The molecule has 1 aliphatic heterocycles. The molecule has 0 unspecified atom stereocenters. The zero-order chi connectivity index (χ0) is 6.85. The van der Waals surface area contributed by atoms with Gasteiger partial charge in [-0.1, -0.05) is 11.8 Å². The molecule has 50 valence electrons. The Morgan fingerprint density at radius 3 is 2.56 bits per heavy atom. The largest absolute Gasteiger partial charge is 0.365 e. The molecule has 0 aromatic rings. The van der Waals surface area contributed by atoms with Gasteiger partial charge in [0.2, 0.25) is 0 Å². The van der Waals surface area contributed by atoms with Gasteiger partial charge in [0.15, 0.2) is 5.17 Å². The Labute approximate surface area is 58.7 Å². The van der Waals surface area contributed by atoms with Gasteiger partial charge in [-0.3, -0.25) is 5.41 Å². The zero-order valence-corrected chi connectivity index (χ0v) is 6.33. The fourth-order valence-corrected chi connectivity index (χ4v) is 1.30. The van der Waals surface area contributed by atoms with Crippen molar-refractivity contribution >= 4 is 22.8 Å². The van der Waals surface area contributed by atoms with E-state index in [0.717, 1.165) is 11.6 Å². The van der Waals surface area contributed by atoms with E-state index in [9.17, 15) is 0 Å². The van der Waals surface area contributed by atoms with Gasteiger partial charge in [0.1, 0.15) is 5.84 Å². The normalized spacial score (nSPS) is 18.0. The summed E-state index contributed by atoms with van der Waals surface area (Å²) in [5.74, 6) is 1.84. The van der Waals surface area contributed by atoms with Crippen LogP contribution < -0.4 is 0 Å². The van der Waals surface area contributed by atoms with Gasteiger partial charge in [0.25, 0.3) is 0 Å². The van der Waals surface area contributed by atoms with E-state index in [0.29, 0.717) is 5.17 Å². The molecule has 0 aliphatic carbocycles. The second kappa shape index (κ2) is 2.39. The van der Waals surface area contributed by atoms with Crippen molar-refractivity contribution in [3.05, 3.63) is 0 Å². The Balaban J connectivity index is 2.62. The van der Waals surface area contributed by atoms with Gasteiger partial charge in [-0.2, -0.15) is 0 Å². The third-order valence-corrected chi connectivity index (χ3v) is 1.85. The van der Waals surface area contributed by atoms with Crippen LogP contribution in [0.25, 0.3) is 0 Å². The van der Waals surface area contributed by atoms with Crippen molar-refractivity contribution in [1.82, 2.24) is 4.90 Å². The van der Waals surface area contributed by atoms with Crippen molar-refractivity contribution in [3.63, 3.8) is 0 Å². The van der Waals surface area contributed by atoms with Crippen molar-refractivity contribution in [1.29, 1.82) is 5.41 Å². The summed E-state index contributed by atoms with van der Waals surface area (Å²) in [6.07, 6.45) is 0. The van der Waals surface area contributed by atoms with Crippen LogP contribution in [0.4, 0.5) is 0 Å². The van der Waals surface area contributed by atoms with Gasteiger partial charge in [0.05, 0.1) is 5.75 Å². The first-order chi connectivity index (χ1) is 4.20. The second-order valence-corrected chi connectivity index (χ2v) is 2.98. The predicted molar refractivity (Wildman–Crippen MR) is 41.3 cm³/mol. The van der Waals surface area contributed by atoms with E-state index in [-0.39, 0.29) is 0 Å². The van der Waals surface area contributed by atoms with Crippen LogP contribution in [-0.2, 0) is 0 Å². The topological polar surface area (TPSA) is 39.5 Å². The number of rotatable bonds is 0. The Morgan fingerprint density at radius 2 is 2.33 bits per heavy atom. The summed E-state index contributed by atoms with van der Waals surface area (Å²) in [6.45, 7) is 0. The zero-order valence-electron chi connectivity index (χ0n) is 5.51. The van der Waals surface area contributed by atoms with E-state index in [1.807, 2.05) is 19.0 Å². The van der Waals surface area contributed by atoms with E-state index in [1.54, 1.807) is 0 Å². The first kappa shape index (κ1) is 6.61. The van der Waals surface area contributed by atoms with E-state index < -0.39 is 0 Å². The van der Waals surface area contributed by atoms with Crippen molar-refractivity contribution < 1.29 is 0 Å². The Kier molecular flexibility index (Phi) is 1.75. The minimum Gasteiger partial charge on any atom is -0.365 e. The second-order valence-electron chi connectivity index (χ2n) is 2.02. The van der Waals surface area contributed by atoms with Gasteiger partial charge in [-0.25, -0.2) is 4.99 Å². The molecule has 0 atom stereocenters. The summed E-state index contributed by atoms with van der Waals surface area (Å²) in [7, 11) is 3.88. The lowest BCUT2D eigenvalue weighted by Gasteiger charge is -2.08. The molecule has 0 radical (unpaired) electrons. The average molecular weight is 143 g/mol. The van der Waals surface area contributed by atoms with Gasteiger partial charge in [-0.15, -0.1) is 0 Å². The van der Waals surface area contributed by atoms with Crippen LogP contribution in [0.2, 0.25) is 0 Å². The molecule has 1 heterocycles. The van der Waals surface area contributed by atoms with Crippen molar-refractivity contribution in [2.24, 2.45) is 4.99 Å². The van der Waals surface area contributed by atoms with Gasteiger partial charge < -0.3 is 4.90 Å². The van der Waals surface area contributed by atoms with Gasteiger partial charge in [-0.05, 0) is 0 Å². The lowest BCUT2D eigenvalue weighted by molar-refractivity contribution is 0.622. The number of thioether (sulfide) groups is 1. The van der Waals surface area contributed by atoms with Crippen molar-refractivity contribution in [2.45, 2.75) is 0 Å². The number of hydrogen-bond donors (Lipinski definition) is 1. The quantitative estimate of drug-likeness (QED) is 0.540. The van der Waals surface area contributed by atoms with Crippen molar-refractivity contribution in [3.8, 4) is 0 Å². The fraction of sp³-hybridized carbons (Fsp3) is 0.600. The van der Waals surface area contributed by atoms with E-state index in [4.69, 9.17) is 5.41 Å². The molecular weight excluding hydrogens is 134 g/mol. The van der Waals surface area contributed by atoms with Crippen LogP contribution in [0.15, 0.2) is 4.99 Å². The third kappa shape index (κ3) is 1.45. The monoisotopic (exact) mass is 143 g/mol. The molecule has 0 saturated heterocycles. The van der Waals surface area contributed by atoms with Crippen LogP contribution in [0, 0.1) is 5.41 Å². The number of nitrogens with zero attached hydrogens (tertiary/aromatic N) is 2. The summed E-state index contributed by atoms with van der Waals surface area (Å²) in [5.41, 5.74) is 0. The molecule has 0 fully saturated rings. The highest BCUT2D eigenvalue weighted by Crippen LogP contribution is 2.12. The molecule has 0 spiro atoms. The number of nitrogens with one attached hydrogen (secondary N) is 1. The number of aliphatic imine (C=N–C) groups is 1. The molecule has 9 heavy (non-hydrogen) atoms. The molecule has 0 aromatic carbocycles. The maximum Gasteiger partial charge on any atom is 0.182 e. The number of amidine groups is 2. The average Bonchev–Trinajstić information content (AvgIpc) is 2.14. The molecule has 0 aromatic heterocycles. The van der Waals surface area contributed by atoms with Gasteiger partial charge in [0, 0.05) is 14.1 Å². The SMILES string of the molecule is CN(C)C1=NC(=N)SC1. The Bertz CT molecular complexity index is 162. The van der Waals surface area contributed by atoms with Crippen LogP contribution in [-0.4, -0.2) is 35.8 Å². The smallest absolute Gasteiger partial charge is 0.182 e. The summed E-state index contributed by atoms with van der Waals surface area (Å²) in [4.78, 5) is 5.92. The Hall–Kier alpha value is -0.510. The lowest BCUT2D eigenvalue weighted by atomic mass is 10.6. The van der Waals surface area contributed by atoms with Crippen LogP contribution in [0.5, 0.6) is 0 Å². The standard InChI is InChI=1S/C5H9N3S/c1-8(2)4-3-9-5(6)7-4/h6H,3H2,1-2H3. The predicted octanol–water partition coefficient (Wildman–Crippen LogP) is 0.628. The highest BCUT2D eigenvalue weighted by Gasteiger charge is 2.12. The molecule has 1 aliphatic rings. The summed E-state index contributed by atoms with van der Waals surface area (Å²) < 4.78 is 0. The fourth-order valence-electron chi connectivity index (χ4n) is 0.544.